The minimum Gasteiger partial charge on any atom is -0.398 e. The average Bonchev–Trinajstić information content (AvgIpc) is 2.15. The standard InChI is InChI=1S/C10H8ClN3O2/c11-5-1-2-6(7(12)3-5)8-4-9(15)14-10(16)13-8/h1-4H,12H2,(H2,13,14,15,16). The van der Waals surface area contributed by atoms with Gasteiger partial charge in [-0.15, -0.1) is 0 Å². The van der Waals surface area contributed by atoms with Crippen LogP contribution in [0.2, 0.25) is 5.02 Å². The summed E-state index contributed by atoms with van der Waals surface area (Å²) in [6, 6.07) is 6.09. The second-order valence-electron chi connectivity index (χ2n) is 3.23. The fourth-order valence-electron chi connectivity index (χ4n) is 1.39. The maximum absolute atomic E-state index is 11.1. The molecule has 0 atom stereocenters. The number of rotatable bonds is 1. The molecule has 2 rings (SSSR count). The summed E-state index contributed by atoms with van der Waals surface area (Å²) >= 11 is 5.75. The lowest BCUT2D eigenvalue weighted by molar-refractivity contribution is 1.04. The number of aromatic nitrogens is 2. The van der Waals surface area contributed by atoms with Gasteiger partial charge in [0.2, 0.25) is 0 Å². The van der Waals surface area contributed by atoms with E-state index in [1.807, 2.05) is 0 Å². The van der Waals surface area contributed by atoms with Crippen LogP contribution >= 0.6 is 11.6 Å². The van der Waals surface area contributed by atoms with Crippen LogP contribution in [0.4, 0.5) is 5.69 Å². The third-order valence-corrected chi connectivity index (χ3v) is 2.30. The van der Waals surface area contributed by atoms with Crippen molar-refractivity contribution in [3.8, 4) is 11.3 Å². The van der Waals surface area contributed by atoms with Crippen LogP contribution < -0.4 is 17.0 Å². The summed E-state index contributed by atoms with van der Waals surface area (Å²) in [5.74, 6) is 0. The van der Waals surface area contributed by atoms with E-state index in [1.165, 1.54) is 6.07 Å². The van der Waals surface area contributed by atoms with Gasteiger partial charge in [0, 0.05) is 22.3 Å². The Morgan fingerprint density at radius 1 is 1.12 bits per heavy atom. The van der Waals surface area contributed by atoms with E-state index in [4.69, 9.17) is 17.3 Å². The third-order valence-electron chi connectivity index (χ3n) is 2.06. The fraction of sp³-hybridized carbons (Fsp3) is 0. The van der Waals surface area contributed by atoms with Crippen molar-refractivity contribution in [2.45, 2.75) is 0 Å². The summed E-state index contributed by atoms with van der Waals surface area (Å²) in [7, 11) is 0. The van der Waals surface area contributed by atoms with E-state index in [0.717, 1.165) is 0 Å². The molecule has 0 saturated heterocycles. The zero-order chi connectivity index (χ0) is 11.7. The Morgan fingerprint density at radius 3 is 2.50 bits per heavy atom. The van der Waals surface area contributed by atoms with E-state index in [2.05, 4.69) is 9.97 Å². The molecule has 1 aromatic heterocycles. The summed E-state index contributed by atoms with van der Waals surface area (Å²) in [5.41, 5.74) is 6.01. The molecule has 1 aromatic carbocycles. The molecule has 4 N–H and O–H groups in total. The molecule has 0 fully saturated rings. The molecule has 1 heterocycles. The van der Waals surface area contributed by atoms with Gasteiger partial charge in [0.05, 0.1) is 5.69 Å². The molecule has 0 saturated carbocycles. The average molecular weight is 238 g/mol. The molecular formula is C10H8ClN3O2. The Morgan fingerprint density at radius 2 is 1.88 bits per heavy atom. The van der Waals surface area contributed by atoms with E-state index < -0.39 is 11.2 Å². The lowest BCUT2D eigenvalue weighted by Crippen LogP contribution is -2.21. The van der Waals surface area contributed by atoms with Crippen LogP contribution in [-0.4, -0.2) is 9.97 Å². The number of nitrogens with two attached hydrogens (primary N) is 1. The number of hydrogen-bond acceptors (Lipinski definition) is 3. The van der Waals surface area contributed by atoms with Crippen LogP contribution in [0.15, 0.2) is 33.9 Å². The van der Waals surface area contributed by atoms with Gasteiger partial charge in [-0.1, -0.05) is 11.6 Å². The van der Waals surface area contributed by atoms with Crippen LogP contribution in [0, 0.1) is 0 Å². The predicted octanol–water partition coefficient (Wildman–Crippen LogP) is 0.966. The molecule has 0 radical (unpaired) electrons. The monoisotopic (exact) mass is 237 g/mol. The molecule has 0 amide bonds. The van der Waals surface area contributed by atoms with Gasteiger partial charge in [-0.05, 0) is 18.2 Å². The molecule has 0 spiro atoms. The van der Waals surface area contributed by atoms with Crippen LogP contribution in [0.3, 0.4) is 0 Å². The minimum absolute atomic E-state index is 0.364. The number of benzene rings is 1. The van der Waals surface area contributed by atoms with Crippen LogP contribution in [0.5, 0.6) is 0 Å². The first-order valence-electron chi connectivity index (χ1n) is 4.45. The lowest BCUT2D eigenvalue weighted by Gasteiger charge is -2.04. The SMILES string of the molecule is Nc1cc(Cl)ccc1-c1cc(=O)[nH]c(=O)[nH]1. The Hall–Kier alpha value is -2.01. The third kappa shape index (κ3) is 1.99. The Bertz CT molecular complexity index is 617. The molecule has 0 bridgehead atoms. The highest BCUT2D eigenvalue weighted by Crippen LogP contribution is 2.25. The van der Waals surface area contributed by atoms with Gasteiger partial charge < -0.3 is 10.7 Å². The quantitative estimate of drug-likeness (QED) is 0.645. The fourth-order valence-corrected chi connectivity index (χ4v) is 1.57. The van der Waals surface area contributed by atoms with Crippen molar-refractivity contribution < 1.29 is 0 Å². The van der Waals surface area contributed by atoms with Crippen LogP contribution in [0.25, 0.3) is 11.3 Å². The Labute approximate surface area is 94.9 Å². The van der Waals surface area contributed by atoms with Gasteiger partial charge in [-0.2, -0.15) is 0 Å². The van der Waals surface area contributed by atoms with Crippen molar-refractivity contribution in [2.75, 3.05) is 5.73 Å². The van der Waals surface area contributed by atoms with Crippen molar-refractivity contribution in [3.63, 3.8) is 0 Å². The summed E-state index contributed by atoms with van der Waals surface area (Å²) in [5, 5.41) is 0.494. The second kappa shape index (κ2) is 3.86. The molecule has 0 aliphatic heterocycles. The number of anilines is 1. The largest absolute Gasteiger partial charge is 0.398 e. The summed E-state index contributed by atoms with van der Waals surface area (Å²) in [6.45, 7) is 0. The zero-order valence-electron chi connectivity index (χ0n) is 8.08. The first-order valence-corrected chi connectivity index (χ1v) is 4.83. The number of aromatic amines is 2. The molecule has 0 aliphatic rings. The van der Waals surface area contributed by atoms with Crippen LogP contribution in [-0.2, 0) is 0 Å². The van der Waals surface area contributed by atoms with E-state index >= 15 is 0 Å². The first-order chi connectivity index (χ1) is 7.56. The molecule has 6 heteroatoms. The second-order valence-corrected chi connectivity index (χ2v) is 3.67. The van der Waals surface area contributed by atoms with E-state index in [0.29, 0.717) is 22.0 Å². The molecule has 0 unspecified atom stereocenters. The minimum atomic E-state index is -0.572. The number of nitrogen functional groups attached to an aromatic ring is 1. The van der Waals surface area contributed by atoms with Gasteiger partial charge in [-0.25, -0.2) is 4.79 Å². The van der Waals surface area contributed by atoms with Gasteiger partial charge >= 0.3 is 5.69 Å². The normalized spacial score (nSPS) is 10.3. The topological polar surface area (TPSA) is 91.7 Å². The Balaban J connectivity index is 2.67. The van der Waals surface area contributed by atoms with E-state index in [-0.39, 0.29) is 0 Å². The van der Waals surface area contributed by atoms with Gasteiger partial charge in [0.1, 0.15) is 0 Å². The number of hydrogen-bond donors (Lipinski definition) is 3. The van der Waals surface area contributed by atoms with E-state index in [1.54, 1.807) is 18.2 Å². The predicted molar refractivity (Wildman–Crippen MR) is 62.5 cm³/mol. The number of halogens is 1. The molecular weight excluding hydrogens is 230 g/mol. The summed E-state index contributed by atoms with van der Waals surface area (Å²) in [4.78, 5) is 26.8. The number of H-pyrrole nitrogens is 2. The van der Waals surface area contributed by atoms with Crippen molar-refractivity contribution in [1.29, 1.82) is 0 Å². The number of nitrogens with one attached hydrogen (secondary N) is 2. The lowest BCUT2D eigenvalue weighted by atomic mass is 10.1. The van der Waals surface area contributed by atoms with Gasteiger partial charge in [-0.3, -0.25) is 9.78 Å². The highest BCUT2D eigenvalue weighted by Gasteiger charge is 2.05. The van der Waals surface area contributed by atoms with E-state index in [9.17, 15) is 9.59 Å². The van der Waals surface area contributed by atoms with Crippen molar-refractivity contribution in [2.24, 2.45) is 0 Å². The van der Waals surface area contributed by atoms with Gasteiger partial charge in [0.25, 0.3) is 5.56 Å². The summed E-state index contributed by atoms with van der Waals surface area (Å²) < 4.78 is 0. The van der Waals surface area contributed by atoms with Gasteiger partial charge in [0.15, 0.2) is 0 Å². The van der Waals surface area contributed by atoms with Crippen LogP contribution in [0.1, 0.15) is 0 Å². The highest BCUT2D eigenvalue weighted by atomic mass is 35.5. The smallest absolute Gasteiger partial charge is 0.326 e. The molecule has 82 valence electrons. The molecule has 16 heavy (non-hydrogen) atoms. The maximum atomic E-state index is 11.1. The van der Waals surface area contributed by atoms with Crippen molar-refractivity contribution in [3.05, 3.63) is 50.1 Å². The zero-order valence-corrected chi connectivity index (χ0v) is 8.84. The van der Waals surface area contributed by atoms with Crippen molar-refractivity contribution in [1.82, 2.24) is 9.97 Å². The highest BCUT2D eigenvalue weighted by molar-refractivity contribution is 6.31. The Kier molecular flexibility index (Phi) is 2.54. The summed E-state index contributed by atoms with van der Waals surface area (Å²) in [6.07, 6.45) is 0. The van der Waals surface area contributed by atoms with Crippen molar-refractivity contribution >= 4 is 17.3 Å². The molecule has 5 nitrogen and oxygen atoms in total. The molecule has 2 aromatic rings. The molecule has 0 aliphatic carbocycles. The maximum Gasteiger partial charge on any atom is 0.326 e. The first kappa shape index (κ1) is 10.5.